The summed E-state index contributed by atoms with van der Waals surface area (Å²) in [5.41, 5.74) is 0.894. The number of rotatable bonds is 10. The molecule has 0 N–H and O–H groups in total. The zero-order valence-corrected chi connectivity index (χ0v) is 19.7. The van der Waals surface area contributed by atoms with Crippen molar-refractivity contribution in [3.05, 3.63) is 71.8 Å². The summed E-state index contributed by atoms with van der Waals surface area (Å²) >= 11 is 0. The lowest BCUT2D eigenvalue weighted by Crippen LogP contribution is -2.43. The van der Waals surface area contributed by atoms with E-state index in [2.05, 4.69) is 6.92 Å². The van der Waals surface area contributed by atoms with Gasteiger partial charge in [-0.2, -0.15) is 9.78 Å². The van der Waals surface area contributed by atoms with Crippen LogP contribution in [0.25, 0.3) is 0 Å². The zero-order valence-electron chi connectivity index (χ0n) is 19.7. The van der Waals surface area contributed by atoms with Crippen molar-refractivity contribution < 1.29 is 19.6 Å². The van der Waals surface area contributed by atoms with E-state index in [-0.39, 0.29) is 0 Å². The van der Waals surface area contributed by atoms with Gasteiger partial charge in [-0.1, -0.05) is 80.4 Å². The van der Waals surface area contributed by atoms with Crippen LogP contribution in [0, 0.1) is 5.92 Å². The highest BCUT2D eigenvalue weighted by atomic mass is 17.3. The first-order chi connectivity index (χ1) is 14.8. The summed E-state index contributed by atoms with van der Waals surface area (Å²) in [5.74, 6) is -0.211. The van der Waals surface area contributed by atoms with Crippen LogP contribution in [0.3, 0.4) is 0 Å². The van der Waals surface area contributed by atoms with E-state index in [1.807, 2.05) is 88.4 Å². The van der Waals surface area contributed by atoms with E-state index in [0.29, 0.717) is 5.92 Å². The van der Waals surface area contributed by atoms with Crippen molar-refractivity contribution in [1.82, 2.24) is 0 Å². The fourth-order valence-corrected chi connectivity index (χ4v) is 4.13. The van der Waals surface area contributed by atoms with Gasteiger partial charge in [0, 0.05) is 12.8 Å². The Labute approximate surface area is 187 Å². The minimum absolute atomic E-state index is 0.604. The van der Waals surface area contributed by atoms with Gasteiger partial charge in [0.25, 0.3) is 0 Å². The van der Waals surface area contributed by atoms with Crippen molar-refractivity contribution >= 4 is 0 Å². The number of hydrogen-bond acceptors (Lipinski definition) is 4. The largest absolute Gasteiger partial charge is 0.234 e. The lowest BCUT2D eigenvalue weighted by atomic mass is 9.83. The normalized spacial score (nSPS) is 17.6. The minimum atomic E-state index is -0.914. The molecule has 0 heterocycles. The van der Waals surface area contributed by atoms with E-state index in [9.17, 15) is 0 Å². The molecule has 1 aliphatic carbocycles. The molecule has 0 bridgehead atoms. The average molecular weight is 427 g/mol. The summed E-state index contributed by atoms with van der Waals surface area (Å²) in [5, 5.41) is 0. The molecule has 1 aliphatic rings. The van der Waals surface area contributed by atoms with Gasteiger partial charge in [0.15, 0.2) is 0 Å². The predicted octanol–water partition coefficient (Wildman–Crippen LogP) is 7.44. The van der Waals surface area contributed by atoms with Crippen molar-refractivity contribution in [2.75, 3.05) is 0 Å². The molecule has 0 saturated heterocycles. The summed E-state index contributed by atoms with van der Waals surface area (Å²) in [6, 6.07) is 20.2. The Morgan fingerprint density at radius 1 is 0.742 bits per heavy atom. The highest BCUT2D eigenvalue weighted by Gasteiger charge is 2.43. The summed E-state index contributed by atoms with van der Waals surface area (Å²) in [7, 11) is 0. The zero-order chi connectivity index (χ0) is 22.4. The molecular formula is C27H38O4. The Hall–Kier alpha value is -1.72. The summed E-state index contributed by atoms with van der Waals surface area (Å²) in [6.07, 6.45) is 6.01. The maximum atomic E-state index is 6.10. The third-order valence-electron chi connectivity index (χ3n) is 6.31. The second-order valence-corrected chi connectivity index (χ2v) is 9.73. The van der Waals surface area contributed by atoms with Gasteiger partial charge < -0.3 is 0 Å². The first kappa shape index (κ1) is 23.9. The SMILES string of the molecule is CCCC1CCC(OOC(C)(C)c2ccccc2)(OOC(C)(C)c2ccccc2)CC1. The molecule has 0 radical (unpaired) electrons. The topological polar surface area (TPSA) is 36.9 Å². The maximum Gasteiger partial charge on any atom is 0.234 e. The van der Waals surface area contributed by atoms with Gasteiger partial charge in [-0.3, -0.25) is 0 Å². The van der Waals surface area contributed by atoms with E-state index in [0.717, 1.165) is 36.8 Å². The van der Waals surface area contributed by atoms with Crippen LogP contribution in [0.15, 0.2) is 60.7 Å². The highest BCUT2D eigenvalue weighted by molar-refractivity contribution is 5.21. The highest BCUT2D eigenvalue weighted by Crippen LogP contribution is 2.41. The molecule has 0 aliphatic heterocycles. The van der Waals surface area contributed by atoms with E-state index in [1.165, 1.54) is 12.8 Å². The molecule has 1 fully saturated rings. The molecule has 4 heteroatoms. The molecule has 31 heavy (non-hydrogen) atoms. The molecule has 0 amide bonds. The van der Waals surface area contributed by atoms with Gasteiger partial charge in [-0.25, -0.2) is 9.78 Å². The molecule has 1 saturated carbocycles. The van der Waals surface area contributed by atoms with Gasteiger partial charge in [-0.05, 0) is 57.6 Å². The maximum absolute atomic E-state index is 6.10. The predicted molar refractivity (Wildman–Crippen MR) is 123 cm³/mol. The molecule has 2 aromatic rings. The monoisotopic (exact) mass is 426 g/mol. The van der Waals surface area contributed by atoms with E-state index in [4.69, 9.17) is 19.6 Å². The third-order valence-corrected chi connectivity index (χ3v) is 6.31. The van der Waals surface area contributed by atoms with Crippen LogP contribution in [-0.2, 0) is 30.8 Å². The quantitative estimate of drug-likeness (QED) is 0.225. The fraction of sp³-hybridized carbons (Fsp3) is 0.556. The number of benzene rings is 2. The Kier molecular flexibility index (Phi) is 7.92. The Bertz CT molecular complexity index is 720. The van der Waals surface area contributed by atoms with Crippen molar-refractivity contribution in [3.63, 3.8) is 0 Å². The van der Waals surface area contributed by atoms with Crippen molar-refractivity contribution in [3.8, 4) is 0 Å². The Morgan fingerprint density at radius 2 is 1.16 bits per heavy atom. The molecule has 4 nitrogen and oxygen atoms in total. The molecular weight excluding hydrogens is 388 g/mol. The third kappa shape index (κ3) is 6.39. The van der Waals surface area contributed by atoms with E-state index in [1.54, 1.807) is 0 Å². The van der Waals surface area contributed by atoms with Crippen molar-refractivity contribution in [2.24, 2.45) is 5.92 Å². The van der Waals surface area contributed by atoms with Crippen molar-refractivity contribution in [2.45, 2.75) is 90.1 Å². The summed E-state index contributed by atoms with van der Waals surface area (Å²) in [6.45, 7) is 10.3. The molecule has 0 atom stereocenters. The van der Waals surface area contributed by atoms with Crippen LogP contribution in [0.4, 0.5) is 0 Å². The summed E-state index contributed by atoms with van der Waals surface area (Å²) < 4.78 is 0. The van der Waals surface area contributed by atoms with Gasteiger partial charge in [0.05, 0.1) is 0 Å². The standard InChI is InChI=1S/C27H38O4/c1-6-13-22-18-20-27(21-19-22,30-28-25(2,3)23-14-9-7-10-15-23)31-29-26(4,5)24-16-11-8-12-17-24/h7-12,14-17,22H,6,13,18-21H2,1-5H3. The first-order valence-corrected chi connectivity index (χ1v) is 11.6. The van der Waals surface area contributed by atoms with Crippen LogP contribution < -0.4 is 0 Å². The molecule has 0 spiro atoms. The molecule has 0 aromatic heterocycles. The lowest BCUT2D eigenvalue weighted by Gasteiger charge is -2.40. The molecule has 3 rings (SSSR count). The van der Waals surface area contributed by atoms with Crippen LogP contribution >= 0.6 is 0 Å². The molecule has 2 aromatic carbocycles. The lowest BCUT2D eigenvalue weighted by molar-refractivity contribution is -0.552. The summed E-state index contributed by atoms with van der Waals surface area (Å²) in [4.78, 5) is 24.2. The Morgan fingerprint density at radius 3 is 1.55 bits per heavy atom. The Balaban J connectivity index is 1.71. The van der Waals surface area contributed by atoms with Gasteiger partial charge in [0.2, 0.25) is 5.79 Å². The van der Waals surface area contributed by atoms with Gasteiger partial charge in [-0.15, -0.1) is 0 Å². The molecule has 170 valence electrons. The van der Waals surface area contributed by atoms with Crippen LogP contribution in [-0.4, -0.2) is 5.79 Å². The van der Waals surface area contributed by atoms with E-state index >= 15 is 0 Å². The first-order valence-electron chi connectivity index (χ1n) is 11.6. The minimum Gasteiger partial charge on any atom is -0.223 e. The second-order valence-electron chi connectivity index (χ2n) is 9.73. The average Bonchev–Trinajstić information content (AvgIpc) is 2.79. The van der Waals surface area contributed by atoms with E-state index < -0.39 is 17.0 Å². The van der Waals surface area contributed by atoms with Gasteiger partial charge >= 0.3 is 0 Å². The number of hydrogen-bond donors (Lipinski definition) is 0. The smallest absolute Gasteiger partial charge is 0.223 e. The molecule has 0 unspecified atom stereocenters. The van der Waals surface area contributed by atoms with Crippen molar-refractivity contribution in [1.29, 1.82) is 0 Å². The fourth-order valence-electron chi connectivity index (χ4n) is 4.13. The second kappa shape index (κ2) is 10.3. The van der Waals surface area contributed by atoms with Gasteiger partial charge in [0.1, 0.15) is 11.2 Å². The van der Waals surface area contributed by atoms with Crippen LogP contribution in [0.5, 0.6) is 0 Å². The van der Waals surface area contributed by atoms with Crippen LogP contribution in [0.1, 0.15) is 84.3 Å². The van der Waals surface area contributed by atoms with Crippen LogP contribution in [0.2, 0.25) is 0 Å².